The molecule has 1 heterocycles. The summed E-state index contributed by atoms with van der Waals surface area (Å²) >= 11 is 0. The first-order valence-electron chi connectivity index (χ1n) is 6.12. The van der Waals surface area contributed by atoms with Crippen molar-refractivity contribution in [1.29, 1.82) is 0 Å². The molecule has 4 nitrogen and oxygen atoms in total. The van der Waals surface area contributed by atoms with Crippen molar-refractivity contribution in [2.45, 2.75) is 39.3 Å². The number of rotatable bonds is 6. The van der Waals surface area contributed by atoms with Gasteiger partial charge in [-0.25, -0.2) is 8.42 Å². The Morgan fingerprint density at radius 2 is 2.12 bits per heavy atom. The molecule has 0 bridgehead atoms. The van der Waals surface area contributed by atoms with E-state index in [2.05, 4.69) is 31.0 Å². The van der Waals surface area contributed by atoms with E-state index in [1.54, 1.807) is 0 Å². The lowest BCUT2D eigenvalue weighted by Crippen LogP contribution is -2.40. The molecule has 0 aliphatic carbocycles. The second kappa shape index (κ2) is 5.98. The molecule has 0 amide bonds. The molecule has 1 atom stereocenters. The highest BCUT2D eigenvalue weighted by Crippen LogP contribution is 2.10. The highest BCUT2D eigenvalue weighted by molar-refractivity contribution is 7.91. The maximum absolute atomic E-state index is 11.3. The van der Waals surface area contributed by atoms with Gasteiger partial charge in [0.05, 0.1) is 11.5 Å². The van der Waals surface area contributed by atoms with Gasteiger partial charge in [-0.1, -0.05) is 6.92 Å². The van der Waals surface area contributed by atoms with Crippen LogP contribution in [0.15, 0.2) is 0 Å². The topological polar surface area (TPSA) is 49.4 Å². The first-order chi connectivity index (χ1) is 7.44. The van der Waals surface area contributed by atoms with Crippen LogP contribution >= 0.6 is 0 Å². The van der Waals surface area contributed by atoms with Crippen LogP contribution in [0, 0.1) is 0 Å². The van der Waals surface area contributed by atoms with Gasteiger partial charge in [0.25, 0.3) is 0 Å². The van der Waals surface area contributed by atoms with Crippen LogP contribution in [0.5, 0.6) is 0 Å². The summed E-state index contributed by atoms with van der Waals surface area (Å²) in [5.74, 6) is 0.674. The average molecular weight is 248 g/mol. The molecule has 0 saturated carbocycles. The van der Waals surface area contributed by atoms with Gasteiger partial charge in [0.1, 0.15) is 0 Å². The van der Waals surface area contributed by atoms with Crippen LogP contribution in [-0.2, 0) is 9.84 Å². The standard InChI is InChI=1S/C11H24N2O2S/c1-4-13(10(2)3)7-6-12-11-5-8-16(14,15)9-11/h10-12H,4-9H2,1-3H3. The van der Waals surface area contributed by atoms with Crippen molar-refractivity contribution >= 4 is 9.84 Å². The molecule has 0 radical (unpaired) electrons. The molecule has 1 N–H and O–H groups in total. The second-order valence-corrected chi connectivity index (χ2v) is 7.01. The average Bonchev–Trinajstić information content (AvgIpc) is 2.52. The summed E-state index contributed by atoms with van der Waals surface area (Å²) in [5.41, 5.74) is 0. The predicted octanol–water partition coefficient (Wildman–Crippen LogP) is 0.493. The highest BCUT2D eigenvalue weighted by Gasteiger charge is 2.27. The molecular weight excluding hydrogens is 224 g/mol. The zero-order chi connectivity index (χ0) is 12.2. The maximum Gasteiger partial charge on any atom is 0.151 e. The third-order valence-electron chi connectivity index (χ3n) is 3.20. The van der Waals surface area contributed by atoms with Crippen LogP contribution in [0.25, 0.3) is 0 Å². The molecule has 1 unspecified atom stereocenters. The number of hydrogen-bond acceptors (Lipinski definition) is 4. The minimum absolute atomic E-state index is 0.177. The van der Waals surface area contributed by atoms with Gasteiger partial charge < -0.3 is 5.32 Å². The van der Waals surface area contributed by atoms with E-state index in [9.17, 15) is 8.42 Å². The largest absolute Gasteiger partial charge is 0.312 e. The Hall–Kier alpha value is -0.130. The summed E-state index contributed by atoms with van der Waals surface area (Å²) in [4.78, 5) is 2.37. The van der Waals surface area contributed by atoms with Crippen LogP contribution in [0.3, 0.4) is 0 Å². The Labute approximate surface area is 99.3 Å². The molecule has 1 saturated heterocycles. The van der Waals surface area contributed by atoms with Crippen molar-refractivity contribution < 1.29 is 8.42 Å². The van der Waals surface area contributed by atoms with Crippen LogP contribution in [-0.4, -0.2) is 56.5 Å². The van der Waals surface area contributed by atoms with E-state index in [0.717, 1.165) is 26.1 Å². The van der Waals surface area contributed by atoms with Crippen LogP contribution in [0.1, 0.15) is 27.2 Å². The molecule has 5 heteroatoms. The highest BCUT2D eigenvalue weighted by atomic mass is 32.2. The fourth-order valence-electron chi connectivity index (χ4n) is 2.15. The van der Waals surface area contributed by atoms with E-state index in [0.29, 0.717) is 17.5 Å². The molecular formula is C11H24N2O2S. The maximum atomic E-state index is 11.3. The Bertz CT molecular complexity index is 301. The zero-order valence-corrected chi connectivity index (χ0v) is 11.4. The number of nitrogens with one attached hydrogen (secondary N) is 1. The number of likely N-dealkylation sites (N-methyl/N-ethyl adjacent to an activating group) is 1. The molecule has 96 valence electrons. The molecule has 16 heavy (non-hydrogen) atoms. The Morgan fingerprint density at radius 3 is 2.56 bits per heavy atom. The van der Waals surface area contributed by atoms with Crippen LogP contribution in [0.4, 0.5) is 0 Å². The Morgan fingerprint density at radius 1 is 1.44 bits per heavy atom. The fraction of sp³-hybridized carbons (Fsp3) is 1.00. The lowest BCUT2D eigenvalue weighted by molar-refractivity contribution is 0.231. The quantitative estimate of drug-likeness (QED) is 0.743. The summed E-state index contributed by atoms with van der Waals surface area (Å²) < 4.78 is 22.5. The molecule has 0 aromatic rings. The molecule has 1 aliphatic heterocycles. The van der Waals surface area contributed by atoms with Crippen molar-refractivity contribution in [3.05, 3.63) is 0 Å². The van der Waals surface area contributed by atoms with Crippen molar-refractivity contribution in [2.24, 2.45) is 0 Å². The van der Waals surface area contributed by atoms with E-state index in [4.69, 9.17) is 0 Å². The monoisotopic (exact) mass is 248 g/mol. The minimum Gasteiger partial charge on any atom is -0.312 e. The molecule has 0 aromatic heterocycles. The fourth-order valence-corrected chi connectivity index (χ4v) is 3.86. The van der Waals surface area contributed by atoms with E-state index in [-0.39, 0.29) is 6.04 Å². The van der Waals surface area contributed by atoms with Crippen molar-refractivity contribution in [1.82, 2.24) is 10.2 Å². The van der Waals surface area contributed by atoms with Gasteiger partial charge in [0.15, 0.2) is 9.84 Å². The van der Waals surface area contributed by atoms with E-state index < -0.39 is 9.84 Å². The SMILES string of the molecule is CCN(CCNC1CCS(=O)(=O)C1)C(C)C. The normalized spacial score (nSPS) is 24.4. The van der Waals surface area contributed by atoms with E-state index in [1.165, 1.54) is 0 Å². The second-order valence-electron chi connectivity index (χ2n) is 4.78. The molecule has 0 spiro atoms. The third-order valence-corrected chi connectivity index (χ3v) is 4.97. The smallest absolute Gasteiger partial charge is 0.151 e. The third kappa shape index (κ3) is 4.39. The summed E-state index contributed by atoms with van der Waals surface area (Å²) in [7, 11) is -2.74. The number of sulfone groups is 1. The van der Waals surface area contributed by atoms with E-state index in [1.807, 2.05) is 0 Å². The number of nitrogens with zero attached hydrogens (tertiary/aromatic N) is 1. The molecule has 1 fully saturated rings. The molecule has 1 aliphatic rings. The van der Waals surface area contributed by atoms with Gasteiger partial charge in [-0.15, -0.1) is 0 Å². The van der Waals surface area contributed by atoms with Crippen molar-refractivity contribution in [3.8, 4) is 0 Å². The van der Waals surface area contributed by atoms with E-state index >= 15 is 0 Å². The molecule has 1 rings (SSSR count). The molecule has 0 aromatic carbocycles. The lowest BCUT2D eigenvalue weighted by atomic mass is 10.2. The van der Waals surface area contributed by atoms with Gasteiger partial charge in [-0.2, -0.15) is 0 Å². The van der Waals surface area contributed by atoms with Crippen LogP contribution < -0.4 is 5.32 Å². The minimum atomic E-state index is -2.74. The number of hydrogen-bond donors (Lipinski definition) is 1. The van der Waals surface area contributed by atoms with Gasteiger partial charge in [-0.05, 0) is 26.8 Å². The first kappa shape index (κ1) is 13.9. The van der Waals surface area contributed by atoms with Crippen LogP contribution in [0.2, 0.25) is 0 Å². The lowest BCUT2D eigenvalue weighted by Gasteiger charge is -2.25. The van der Waals surface area contributed by atoms with Gasteiger partial charge in [0, 0.05) is 25.2 Å². The first-order valence-corrected chi connectivity index (χ1v) is 7.94. The summed E-state index contributed by atoms with van der Waals surface area (Å²) in [6.07, 6.45) is 0.774. The summed E-state index contributed by atoms with van der Waals surface area (Å²) in [5, 5.41) is 3.34. The van der Waals surface area contributed by atoms with Crippen molar-refractivity contribution in [3.63, 3.8) is 0 Å². The zero-order valence-electron chi connectivity index (χ0n) is 10.6. The van der Waals surface area contributed by atoms with Crippen molar-refractivity contribution in [2.75, 3.05) is 31.1 Å². The summed E-state index contributed by atoms with van der Waals surface area (Å²) in [6, 6.07) is 0.731. The van der Waals surface area contributed by atoms with Gasteiger partial charge >= 0.3 is 0 Å². The van der Waals surface area contributed by atoms with Gasteiger partial charge in [0.2, 0.25) is 0 Å². The Balaban J connectivity index is 2.21. The van der Waals surface area contributed by atoms with Gasteiger partial charge in [-0.3, -0.25) is 4.90 Å². The summed E-state index contributed by atoms with van der Waals surface area (Å²) in [6.45, 7) is 9.44. The Kier molecular flexibility index (Phi) is 5.21. The predicted molar refractivity (Wildman–Crippen MR) is 67.4 cm³/mol.